The summed E-state index contributed by atoms with van der Waals surface area (Å²) in [6.07, 6.45) is 1.51. The van der Waals surface area contributed by atoms with Gasteiger partial charge in [0.05, 0.1) is 5.97 Å². The van der Waals surface area contributed by atoms with E-state index < -0.39 is 11.6 Å². The third-order valence-electron chi connectivity index (χ3n) is 1.56. The number of carboxylic acids is 1. The summed E-state index contributed by atoms with van der Waals surface area (Å²) in [7, 11) is 0. The molecule has 46 valence electrons. The second-order valence-electron chi connectivity index (χ2n) is 2.17. The van der Waals surface area contributed by atoms with E-state index in [2.05, 4.69) is 0 Å². The summed E-state index contributed by atoms with van der Waals surface area (Å²) in [6, 6.07) is 0. The average molecular weight is 154 g/mol. The van der Waals surface area contributed by atoms with E-state index in [1.807, 2.05) is 0 Å². The predicted octanol–water partition coefficient (Wildman–Crippen LogP) is -4.34. The second-order valence-corrected chi connectivity index (χ2v) is 2.17. The van der Waals surface area contributed by atoms with Gasteiger partial charge in [0.25, 0.3) is 0 Å². The minimum atomic E-state index is -1.47. The summed E-state index contributed by atoms with van der Waals surface area (Å²) < 4.78 is 0. The summed E-state index contributed by atoms with van der Waals surface area (Å²) in [6.45, 7) is 0. The van der Waals surface area contributed by atoms with Gasteiger partial charge in [-0.25, -0.2) is 0 Å². The van der Waals surface area contributed by atoms with Crippen LogP contribution in [0.1, 0.15) is 19.3 Å². The predicted molar refractivity (Wildman–Crippen MR) is 23.8 cm³/mol. The van der Waals surface area contributed by atoms with Gasteiger partial charge in [-0.15, -0.1) is 0 Å². The Morgan fingerprint density at radius 1 is 1.56 bits per heavy atom. The summed E-state index contributed by atoms with van der Waals surface area (Å²) in [5, 5.41) is 18.8. The number of carbonyl (C=O) groups is 1. The maximum atomic E-state index is 9.94. The van der Waals surface area contributed by atoms with Crippen LogP contribution in [0.5, 0.6) is 0 Å². The molecule has 0 spiro atoms. The van der Waals surface area contributed by atoms with Gasteiger partial charge in [0, 0.05) is 0 Å². The van der Waals surface area contributed by atoms with Crippen LogP contribution in [0.25, 0.3) is 0 Å². The molecule has 0 radical (unpaired) electrons. The number of rotatable bonds is 1. The number of aliphatic hydroxyl groups is 1. The van der Waals surface area contributed by atoms with Gasteiger partial charge in [0.2, 0.25) is 0 Å². The van der Waals surface area contributed by atoms with Crippen LogP contribution in [0.4, 0.5) is 0 Å². The summed E-state index contributed by atoms with van der Waals surface area (Å²) in [4.78, 5) is 9.94. The van der Waals surface area contributed by atoms with Crippen LogP contribution in [0.3, 0.4) is 0 Å². The minimum absolute atomic E-state index is 0. The largest absolute Gasteiger partial charge is 1.00 e. The van der Waals surface area contributed by atoms with Crippen molar-refractivity contribution in [3.63, 3.8) is 0 Å². The van der Waals surface area contributed by atoms with E-state index in [1.165, 1.54) is 0 Å². The van der Waals surface area contributed by atoms with Gasteiger partial charge >= 0.3 is 51.4 Å². The molecule has 0 bridgehead atoms. The van der Waals surface area contributed by atoms with Crippen LogP contribution in [0, 0.1) is 0 Å². The standard InChI is InChI=1S/C5H8O3.K/c6-4(7)5(8)2-1-3-5;/h8H,1-3H2,(H,6,7);/q;+1/p-1. The molecule has 3 nitrogen and oxygen atoms in total. The first-order chi connectivity index (χ1) is 3.65. The van der Waals surface area contributed by atoms with Crippen molar-refractivity contribution in [2.75, 3.05) is 0 Å². The first-order valence-electron chi connectivity index (χ1n) is 2.59. The number of carbonyl (C=O) groups excluding carboxylic acids is 1. The molecule has 0 saturated heterocycles. The van der Waals surface area contributed by atoms with Crippen molar-refractivity contribution in [2.24, 2.45) is 0 Å². The fourth-order valence-corrected chi connectivity index (χ4v) is 0.716. The Bertz CT molecular complexity index is 119. The Hall–Kier alpha value is 1.07. The van der Waals surface area contributed by atoms with Gasteiger partial charge in [-0.1, -0.05) is 0 Å². The fourth-order valence-electron chi connectivity index (χ4n) is 0.716. The van der Waals surface area contributed by atoms with E-state index in [4.69, 9.17) is 5.11 Å². The van der Waals surface area contributed by atoms with Crippen LogP contribution < -0.4 is 56.5 Å². The molecule has 9 heavy (non-hydrogen) atoms. The molecule has 0 unspecified atom stereocenters. The molecule has 0 heterocycles. The topological polar surface area (TPSA) is 60.4 Å². The molecule has 1 N–H and O–H groups in total. The smallest absolute Gasteiger partial charge is 0.547 e. The number of aliphatic carboxylic acids is 1. The number of hydrogen-bond donors (Lipinski definition) is 1. The Balaban J connectivity index is 0.000000640. The second kappa shape index (κ2) is 3.46. The first-order valence-corrected chi connectivity index (χ1v) is 2.59. The third-order valence-corrected chi connectivity index (χ3v) is 1.56. The van der Waals surface area contributed by atoms with E-state index >= 15 is 0 Å². The first kappa shape index (κ1) is 10.1. The molecule has 0 aliphatic heterocycles. The number of hydrogen-bond acceptors (Lipinski definition) is 3. The van der Waals surface area contributed by atoms with Crippen molar-refractivity contribution in [1.29, 1.82) is 0 Å². The van der Waals surface area contributed by atoms with Gasteiger partial charge in [0.15, 0.2) is 0 Å². The summed E-state index contributed by atoms with van der Waals surface area (Å²) in [5.41, 5.74) is -1.47. The normalized spacial score (nSPS) is 21.4. The molecule has 0 aromatic heterocycles. The minimum Gasteiger partial charge on any atom is -0.547 e. The van der Waals surface area contributed by atoms with Crippen molar-refractivity contribution >= 4 is 5.97 Å². The fraction of sp³-hybridized carbons (Fsp3) is 0.800. The Kier molecular flexibility index (Phi) is 3.86. The van der Waals surface area contributed by atoms with Crippen molar-refractivity contribution in [3.05, 3.63) is 0 Å². The quantitative estimate of drug-likeness (QED) is 0.388. The van der Waals surface area contributed by atoms with Crippen molar-refractivity contribution in [2.45, 2.75) is 24.9 Å². The zero-order valence-corrected chi connectivity index (χ0v) is 8.51. The Morgan fingerprint density at radius 3 is 2.00 bits per heavy atom. The van der Waals surface area contributed by atoms with E-state index in [1.54, 1.807) is 0 Å². The zero-order valence-electron chi connectivity index (χ0n) is 5.39. The molecule has 0 aromatic carbocycles. The van der Waals surface area contributed by atoms with Crippen LogP contribution in [-0.4, -0.2) is 16.7 Å². The Morgan fingerprint density at radius 2 is 2.00 bits per heavy atom. The SMILES string of the molecule is O=C([O-])C1(O)CCC1.[K+]. The van der Waals surface area contributed by atoms with Gasteiger partial charge < -0.3 is 15.0 Å². The van der Waals surface area contributed by atoms with Crippen LogP contribution in [-0.2, 0) is 4.79 Å². The zero-order chi connectivity index (χ0) is 6.20. The van der Waals surface area contributed by atoms with Crippen LogP contribution in [0.15, 0.2) is 0 Å². The van der Waals surface area contributed by atoms with Gasteiger partial charge in [-0.3, -0.25) is 0 Å². The van der Waals surface area contributed by atoms with E-state index in [0.29, 0.717) is 12.8 Å². The molecule has 1 aliphatic carbocycles. The molecule has 4 heteroatoms. The van der Waals surface area contributed by atoms with Gasteiger partial charge in [0.1, 0.15) is 5.60 Å². The van der Waals surface area contributed by atoms with Crippen molar-refractivity contribution < 1.29 is 66.4 Å². The molecular weight excluding hydrogens is 147 g/mol. The molecule has 0 atom stereocenters. The van der Waals surface area contributed by atoms with E-state index in [9.17, 15) is 9.90 Å². The molecule has 0 amide bonds. The molecule has 1 saturated carbocycles. The summed E-state index contributed by atoms with van der Waals surface area (Å²) in [5.74, 6) is -1.33. The van der Waals surface area contributed by atoms with E-state index in [-0.39, 0.29) is 51.4 Å². The molecule has 1 fully saturated rings. The van der Waals surface area contributed by atoms with Gasteiger partial charge in [-0.05, 0) is 19.3 Å². The van der Waals surface area contributed by atoms with Crippen molar-refractivity contribution in [3.8, 4) is 0 Å². The molecule has 1 aliphatic rings. The molecule has 0 aromatic rings. The van der Waals surface area contributed by atoms with Gasteiger partial charge in [-0.2, -0.15) is 0 Å². The van der Waals surface area contributed by atoms with E-state index in [0.717, 1.165) is 6.42 Å². The van der Waals surface area contributed by atoms with Crippen LogP contribution >= 0.6 is 0 Å². The molecule has 1 rings (SSSR count). The Labute approximate surface area is 95.9 Å². The third kappa shape index (κ3) is 1.99. The maximum absolute atomic E-state index is 9.94. The molecular formula is C5H7KO3. The monoisotopic (exact) mass is 154 g/mol. The average Bonchev–Trinajstić information content (AvgIpc) is 1.60. The number of carboxylic acid groups (broad SMARTS) is 1. The summed E-state index contributed by atoms with van der Waals surface area (Å²) >= 11 is 0. The maximum Gasteiger partial charge on any atom is 1.00 e. The van der Waals surface area contributed by atoms with Crippen molar-refractivity contribution in [1.82, 2.24) is 0 Å². The van der Waals surface area contributed by atoms with Crippen LogP contribution in [0.2, 0.25) is 0 Å².